The molecule has 4 rings (SSSR count). The van der Waals surface area contributed by atoms with Crippen LogP contribution in [0.3, 0.4) is 0 Å². The summed E-state index contributed by atoms with van der Waals surface area (Å²) in [5.74, 6) is 0. The molecule has 0 unspecified atom stereocenters. The normalized spacial score (nSPS) is 11.2. The van der Waals surface area contributed by atoms with Crippen molar-refractivity contribution in [3.63, 3.8) is 0 Å². The Morgan fingerprint density at radius 2 is 1.90 bits per heavy atom. The Bertz CT molecular complexity index is 799. The molecule has 0 radical (unpaired) electrons. The van der Waals surface area contributed by atoms with Gasteiger partial charge in [-0.05, 0) is 52.0 Å². The number of anilines is 1. The fourth-order valence-corrected chi connectivity index (χ4v) is 3.32. The molecule has 98 valence electrons. The van der Waals surface area contributed by atoms with Crippen molar-refractivity contribution in [2.75, 3.05) is 5.32 Å². The Morgan fingerprint density at radius 1 is 0.950 bits per heavy atom. The van der Waals surface area contributed by atoms with E-state index in [1.165, 1.54) is 26.6 Å². The third-order valence-corrected chi connectivity index (χ3v) is 4.45. The van der Waals surface area contributed by atoms with Crippen LogP contribution < -0.4 is 5.32 Å². The number of aromatic nitrogens is 1. The van der Waals surface area contributed by atoms with Gasteiger partial charge in [0, 0.05) is 28.6 Å². The standard InChI is InChI=1S/C17H14N2S/c1-2-14-6-8-20-17(14)9-12(1)11-19-15-4-3-13-5-7-18-16(13)10-15/h1-10,18-19H,11H2. The molecule has 2 N–H and O–H groups in total. The quantitative estimate of drug-likeness (QED) is 0.542. The second-order valence-electron chi connectivity index (χ2n) is 4.93. The predicted molar refractivity (Wildman–Crippen MR) is 87.5 cm³/mol. The summed E-state index contributed by atoms with van der Waals surface area (Å²) in [6.07, 6.45) is 1.97. The molecule has 0 bridgehead atoms. The highest BCUT2D eigenvalue weighted by Gasteiger charge is 2.00. The minimum atomic E-state index is 0.847. The summed E-state index contributed by atoms with van der Waals surface area (Å²) in [5.41, 5.74) is 3.63. The molecule has 0 aliphatic carbocycles. The molecule has 2 aromatic heterocycles. The topological polar surface area (TPSA) is 27.8 Å². The minimum absolute atomic E-state index is 0.847. The number of hydrogen-bond donors (Lipinski definition) is 2. The highest BCUT2D eigenvalue weighted by Crippen LogP contribution is 2.23. The molecular weight excluding hydrogens is 264 g/mol. The fourth-order valence-electron chi connectivity index (χ4n) is 2.47. The lowest BCUT2D eigenvalue weighted by molar-refractivity contribution is 1.16. The molecule has 0 saturated carbocycles. The molecule has 0 fully saturated rings. The van der Waals surface area contributed by atoms with Crippen molar-refractivity contribution < 1.29 is 0 Å². The molecule has 0 amide bonds. The van der Waals surface area contributed by atoms with Crippen LogP contribution in [0.1, 0.15) is 5.56 Å². The molecule has 4 aromatic rings. The van der Waals surface area contributed by atoms with Crippen molar-refractivity contribution in [1.29, 1.82) is 0 Å². The number of rotatable bonds is 3. The van der Waals surface area contributed by atoms with Crippen LogP contribution in [0, 0.1) is 0 Å². The van der Waals surface area contributed by atoms with E-state index in [0.717, 1.165) is 12.2 Å². The van der Waals surface area contributed by atoms with Gasteiger partial charge in [0.2, 0.25) is 0 Å². The van der Waals surface area contributed by atoms with Crippen molar-refractivity contribution in [3.05, 3.63) is 65.7 Å². The zero-order valence-corrected chi connectivity index (χ0v) is 11.7. The number of thiophene rings is 1. The maximum atomic E-state index is 3.48. The molecular formula is C17H14N2S. The number of H-pyrrole nitrogens is 1. The average molecular weight is 278 g/mol. The summed E-state index contributed by atoms with van der Waals surface area (Å²) in [6, 6.07) is 17.3. The van der Waals surface area contributed by atoms with E-state index in [9.17, 15) is 0 Å². The van der Waals surface area contributed by atoms with Gasteiger partial charge < -0.3 is 10.3 Å². The molecule has 3 heteroatoms. The maximum absolute atomic E-state index is 3.48. The van der Waals surface area contributed by atoms with Crippen molar-refractivity contribution in [2.45, 2.75) is 6.54 Å². The van der Waals surface area contributed by atoms with E-state index >= 15 is 0 Å². The summed E-state index contributed by atoms with van der Waals surface area (Å²) >= 11 is 1.79. The van der Waals surface area contributed by atoms with E-state index in [1.807, 2.05) is 6.20 Å². The van der Waals surface area contributed by atoms with Gasteiger partial charge in [-0.25, -0.2) is 0 Å². The van der Waals surface area contributed by atoms with E-state index in [-0.39, 0.29) is 0 Å². The summed E-state index contributed by atoms with van der Waals surface area (Å²) in [7, 11) is 0. The van der Waals surface area contributed by atoms with Gasteiger partial charge in [0.25, 0.3) is 0 Å². The Balaban J connectivity index is 1.56. The first-order valence-electron chi connectivity index (χ1n) is 6.66. The molecule has 0 atom stereocenters. The number of fused-ring (bicyclic) bond motifs is 2. The molecule has 20 heavy (non-hydrogen) atoms. The van der Waals surface area contributed by atoms with Crippen molar-refractivity contribution in [3.8, 4) is 0 Å². The zero-order chi connectivity index (χ0) is 13.4. The van der Waals surface area contributed by atoms with Crippen LogP contribution >= 0.6 is 11.3 Å². The summed E-state index contributed by atoms with van der Waals surface area (Å²) in [5, 5.41) is 8.20. The highest BCUT2D eigenvalue weighted by molar-refractivity contribution is 7.17. The number of benzene rings is 2. The van der Waals surface area contributed by atoms with Gasteiger partial charge in [0.05, 0.1) is 0 Å². The molecule has 0 spiro atoms. The van der Waals surface area contributed by atoms with Crippen LogP contribution in [0.15, 0.2) is 60.1 Å². The lowest BCUT2D eigenvalue weighted by Crippen LogP contribution is -1.98. The summed E-state index contributed by atoms with van der Waals surface area (Å²) < 4.78 is 1.35. The third-order valence-electron chi connectivity index (χ3n) is 3.57. The van der Waals surface area contributed by atoms with E-state index in [2.05, 4.69) is 64.2 Å². The van der Waals surface area contributed by atoms with Gasteiger partial charge in [0.15, 0.2) is 0 Å². The minimum Gasteiger partial charge on any atom is -0.381 e. The molecule has 2 nitrogen and oxygen atoms in total. The van der Waals surface area contributed by atoms with Crippen LogP contribution in [0.2, 0.25) is 0 Å². The smallest absolute Gasteiger partial charge is 0.0474 e. The molecule has 0 saturated heterocycles. The first-order chi connectivity index (χ1) is 9.88. The van der Waals surface area contributed by atoms with Crippen LogP contribution in [-0.2, 0) is 6.54 Å². The summed E-state index contributed by atoms with van der Waals surface area (Å²) in [6.45, 7) is 0.847. The molecule has 0 aliphatic rings. The van der Waals surface area contributed by atoms with Gasteiger partial charge >= 0.3 is 0 Å². The van der Waals surface area contributed by atoms with Gasteiger partial charge in [-0.2, -0.15) is 0 Å². The number of aromatic amines is 1. The lowest BCUT2D eigenvalue weighted by Gasteiger charge is -2.07. The van der Waals surface area contributed by atoms with Crippen LogP contribution in [-0.4, -0.2) is 4.98 Å². The second kappa shape index (κ2) is 4.69. The van der Waals surface area contributed by atoms with Gasteiger partial charge in [-0.1, -0.05) is 18.2 Å². The zero-order valence-electron chi connectivity index (χ0n) is 10.9. The average Bonchev–Trinajstić information content (AvgIpc) is 3.12. The Hall–Kier alpha value is -2.26. The Kier molecular flexibility index (Phi) is 2.71. The van der Waals surface area contributed by atoms with Crippen LogP contribution in [0.4, 0.5) is 5.69 Å². The lowest BCUT2D eigenvalue weighted by atomic mass is 10.1. The van der Waals surface area contributed by atoms with Gasteiger partial charge in [-0.3, -0.25) is 0 Å². The van der Waals surface area contributed by atoms with Gasteiger partial charge in [-0.15, -0.1) is 11.3 Å². The van der Waals surface area contributed by atoms with E-state index < -0.39 is 0 Å². The van der Waals surface area contributed by atoms with Crippen LogP contribution in [0.5, 0.6) is 0 Å². The van der Waals surface area contributed by atoms with Crippen molar-refractivity contribution >= 4 is 38.0 Å². The fraction of sp³-hybridized carbons (Fsp3) is 0.0588. The second-order valence-corrected chi connectivity index (χ2v) is 5.87. The SMILES string of the molecule is c1cc2ccc(NCc3ccc4ccsc4c3)cc2[nH]1. The highest BCUT2D eigenvalue weighted by atomic mass is 32.1. The van der Waals surface area contributed by atoms with Crippen molar-refractivity contribution in [2.24, 2.45) is 0 Å². The molecule has 2 heterocycles. The molecule has 2 aromatic carbocycles. The van der Waals surface area contributed by atoms with E-state index in [0.29, 0.717) is 0 Å². The number of nitrogens with one attached hydrogen (secondary N) is 2. The monoisotopic (exact) mass is 278 g/mol. The summed E-state index contributed by atoms with van der Waals surface area (Å²) in [4.78, 5) is 3.24. The largest absolute Gasteiger partial charge is 0.381 e. The maximum Gasteiger partial charge on any atom is 0.0474 e. The Labute approximate surface area is 121 Å². The first-order valence-corrected chi connectivity index (χ1v) is 7.54. The van der Waals surface area contributed by atoms with Crippen molar-refractivity contribution in [1.82, 2.24) is 4.98 Å². The van der Waals surface area contributed by atoms with E-state index in [1.54, 1.807) is 11.3 Å². The van der Waals surface area contributed by atoms with Crippen LogP contribution in [0.25, 0.3) is 21.0 Å². The first kappa shape index (κ1) is 11.6. The predicted octanol–water partition coefficient (Wildman–Crippen LogP) is 4.99. The van der Waals surface area contributed by atoms with Gasteiger partial charge in [0.1, 0.15) is 0 Å². The third kappa shape index (κ3) is 2.06. The number of hydrogen-bond acceptors (Lipinski definition) is 2. The molecule has 0 aliphatic heterocycles. The van der Waals surface area contributed by atoms with E-state index in [4.69, 9.17) is 0 Å². The Morgan fingerprint density at radius 3 is 2.90 bits per heavy atom.